The predicted octanol–water partition coefficient (Wildman–Crippen LogP) is 0.537. The maximum Gasteiger partial charge on any atom is 0.0594 e. The van der Waals surface area contributed by atoms with Crippen LogP contribution in [0.15, 0.2) is 0 Å². The van der Waals surface area contributed by atoms with Gasteiger partial charge in [-0.05, 0) is 0 Å². The number of halogens is 2. The molecule has 2 saturated heterocycles. The minimum atomic E-state index is 0.236. The second-order valence-electron chi connectivity index (χ2n) is 3.92. The Hall–Kier alpha value is 0.570. The summed E-state index contributed by atoms with van der Waals surface area (Å²) >= 11 is 8.55. The van der Waals surface area contributed by atoms with Gasteiger partial charge in [-0.3, -0.25) is 4.90 Å². The van der Waals surface area contributed by atoms with E-state index in [1.165, 1.54) is 0 Å². The average Bonchev–Trinajstić information content (AvgIpc) is 2.51. The lowest BCUT2D eigenvalue weighted by Gasteiger charge is -2.25. The molecule has 2 heterocycles. The number of hydrogen-bond acceptors (Lipinski definition) is 5. The third kappa shape index (κ3) is 14.8. The van der Waals surface area contributed by atoms with Crippen LogP contribution >= 0.6 is 27.5 Å². The van der Waals surface area contributed by atoms with E-state index in [-0.39, 0.29) is 6.61 Å². The van der Waals surface area contributed by atoms with Crippen molar-refractivity contribution in [2.75, 3.05) is 77.0 Å². The number of nitrogens with one attached hydrogen (secondary N) is 1. The van der Waals surface area contributed by atoms with Crippen LogP contribution in [0.3, 0.4) is 0 Å². The number of aliphatic hydroxyl groups excluding tert-OH is 1. The van der Waals surface area contributed by atoms with Crippen molar-refractivity contribution < 1.29 is 14.6 Å². The van der Waals surface area contributed by atoms with Crippen molar-refractivity contribution in [3.05, 3.63) is 0 Å². The zero-order valence-corrected chi connectivity index (χ0v) is 13.8. The Morgan fingerprint density at radius 1 is 1.11 bits per heavy atom. The molecule has 0 radical (unpaired) electrons. The first-order valence-electron chi connectivity index (χ1n) is 6.66. The first kappa shape index (κ1) is 19.6. The van der Waals surface area contributed by atoms with Crippen molar-refractivity contribution in [2.24, 2.45) is 0 Å². The summed E-state index contributed by atoms with van der Waals surface area (Å²) < 4.78 is 10.2. The molecule has 2 aliphatic heterocycles. The van der Waals surface area contributed by atoms with Gasteiger partial charge in [0.05, 0.1) is 33.0 Å². The summed E-state index contributed by atoms with van der Waals surface area (Å²) in [7, 11) is 0. The third-order valence-corrected chi connectivity index (χ3v) is 2.96. The highest BCUT2D eigenvalue weighted by Gasteiger charge is 2.07. The minimum absolute atomic E-state index is 0.236. The summed E-state index contributed by atoms with van der Waals surface area (Å²) in [5.74, 6) is 0.736. The monoisotopic (exact) mass is 360 g/mol. The highest BCUT2D eigenvalue weighted by molar-refractivity contribution is 9.09. The van der Waals surface area contributed by atoms with Gasteiger partial charge < -0.3 is 19.9 Å². The van der Waals surface area contributed by atoms with Crippen molar-refractivity contribution in [1.82, 2.24) is 10.2 Å². The molecule has 0 spiro atoms. The highest BCUT2D eigenvalue weighted by atomic mass is 79.9. The van der Waals surface area contributed by atoms with E-state index >= 15 is 0 Å². The van der Waals surface area contributed by atoms with E-state index in [9.17, 15) is 0 Å². The first-order chi connectivity index (χ1) is 9.35. The molecule has 2 N–H and O–H groups in total. The Labute approximate surface area is 129 Å². The van der Waals surface area contributed by atoms with Crippen molar-refractivity contribution >= 4 is 27.5 Å². The maximum atomic E-state index is 7.83. The van der Waals surface area contributed by atoms with E-state index in [0.29, 0.717) is 5.33 Å². The van der Waals surface area contributed by atoms with E-state index in [1.54, 1.807) is 0 Å². The fraction of sp³-hybridized carbons (Fsp3) is 1.00. The van der Waals surface area contributed by atoms with E-state index in [2.05, 4.69) is 26.1 Å². The highest BCUT2D eigenvalue weighted by Crippen LogP contribution is 1.95. The third-order valence-electron chi connectivity index (χ3n) is 2.44. The topological polar surface area (TPSA) is 54.0 Å². The zero-order valence-electron chi connectivity index (χ0n) is 11.5. The van der Waals surface area contributed by atoms with Crippen molar-refractivity contribution in [3.8, 4) is 0 Å². The molecule has 5 nitrogen and oxygen atoms in total. The molecule has 116 valence electrons. The molecule has 0 unspecified atom stereocenters. The number of nitrogens with zero attached hydrogens (tertiary/aromatic N) is 1. The number of hydrogen-bond donors (Lipinski definition) is 2. The van der Waals surface area contributed by atoms with Gasteiger partial charge in [0.2, 0.25) is 0 Å². The molecule has 7 heteroatoms. The Bertz CT molecular complexity index is 155. The van der Waals surface area contributed by atoms with E-state index in [4.69, 9.17) is 26.2 Å². The van der Waals surface area contributed by atoms with Gasteiger partial charge in [-0.25, -0.2) is 0 Å². The molecule has 19 heavy (non-hydrogen) atoms. The van der Waals surface area contributed by atoms with Crippen LogP contribution < -0.4 is 5.32 Å². The van der Waals surface area contributed by atoms with Crippen LogP contribution in [0.2, 0.25) is 0 Å². The molecule has 0 saturated carbocycles. The van der Waals surface area contributed by atoms with Gasteiger partial charge >= 0.3 is 0 Å². The fourth-order valence-corrected chi connectivity index (χ4v) is 1.70. The quantitative estimate of drug-likeness (QED) is 0.719. The second-order valence-corrected chi connectivity index (χ2v) is 5.09. The lowest BCUT2D eigenvalue weighted by atomic mass is 10.4. The smallest absolute Gasteiger partial charge is 0.0594 e. The lowest BCUT2D eigenvalue weighted by molar-refractivity contribution is 0.0408. The Morgan fingerprint density at radius 2 is 1.63 bits per heavy atom. The summed E-state index contributed by atoms with van der Waals surface area (Å²) in [6.07, 6.45) is 0. The number of ether oxygens (including phenoxy) is 2. The Kier molecular flexibility index (Phi) is 17.1. The molecular weight excluding hydrogens is 336 g/mol. The largest absolute Gasteiger partial charge is 0.396 e. The van der Waals surface area contributed by atoms with Crippen LogP contribution in [-0.2, 0) is 9.47 Å². The summed E-state index contributed by atoms with van der Waals surface area (Å²) in [6.45, 7) is 8.91. The molecule has 0 aromatic heterocycles. The Morgan fingerprint density at radius 3 is 1.95 bits per heavy atom. The molecule has 0 amide bonds. The predicted molar refractivity (Wildman–Crippen MR) is 82.5 cm³/mol. The normalized spacial score (nSPS) is 19.7. The average molecular weight is 362 g/mol. The van der Waals surface area contributed by atoms with Crippen LogP contribution in [0.5, 0.6) is 0 Å². The number of morpholine rings is 2. The summed E-state index contributed by atoms with van der Waals surface area (Å²) in [5.41, 5.74) is 0. The van der Waals surface area contributed by atoms with Crippen LogP contribution in [0.4, 0.5) is 0 Å². The molecular formula is C12H26BrClN2O3. The molecule has 2 fully saturated rings. The molecule has 0 aromatic rings. The standard InChI is InChI=1S/C6H12ClNO.C4H9NO.C2H5BrO/c7-1-2-8-3-5-9-6-4-8;1-3-6-4-2-5-1;3-1-2-4/h1-6H2;5H,1-4H2;4H,1-2H2. The second kappa shape index (κ2) is 16.6. The number of alkyl halides is 2. The van der Waals surface area contributed by atoms with Gasteiger partial charge in [0.1, 0.15) is 0 Å². The minimum Gasteiger partial charge on any atom is -0.396 e. The first-order valence-corrected chi connectivity index (χ1v) is 8.32. The summed E-state index contributed by atoms with van der Waals surface area (Å²) in [4.78, 5) is 2.32. The van der Waals surface area contributed by atoms with Gasteiger partial charge in [-0.1, -0.05) is 15.9 Å². The summed E-state index contributed by atoms with van der Waals surface area (Å²) in [6, 6.07) is 0. The van der Waals surface area contributed by atoms with Gasteiger partial charge in [-0.15, -0.1) is 11.6 Å². The molecule has 0 aliphatic carbocycles. The molecule has 2 aliphatic rings. The van der Waals surface area contributed by atoms with E-state index in [0.717, 1.165) is 65.0 Å². The SMILES string of the molecule is C1COCCN1.ClCCN1CCOCC1.OCCBr. The molecule has 2 rings (SSSR count). The van der Waals surface area contributed by atoms with Crippen molar-refractivity contribution in [3.63, 3.8) is 0 Å². The van der Waals surface area contributed by atoms with E-state index < -0.39 is 0 Å². The van der Waals surface area contributed by atoms with Gasteiger partial charge in [-0.2, -0.15) is 0 Å². The van der Waals surface area contributed by atoms with Crippen LogP contribution in [0.25, 0.3) is 0 Å². The molecule has 0 aromatic carbocycles. The summed E-state index contributed by atoms with van der Waals surface area (Å²) in [5, 5.41) is 11.7. The van der Waals surface area contributed by atoms with E-state index in [1.807, 2.05) is 0 Å². The Balaban J connectivity index is 0.000000281. The lowest BCUT2D eigenvalue weighted by Crippen LogP contribution is -2.37. The number of aliphatic hydroxyl groups is 1. The van der Waals surface area contributed by atoms with Crippen molar-refractivity contribution in [2.45, 2.75) is 0 Å². The van der Waals surface area contributed by atoms with Crippen LogP contribution in [0.1, 0.15) is 0 Å². The molecule has 0 bridgehead atoms. The van der Waals surface area contributed by atoms with Gasteiger partial charge in [0, 0.05) is 43.9 Å². The van der Waals surface area contributed by atoms with Crippen LogP contribution in [0, 0.1) is 0 Å². The molecule has 0 atom stereocenters. The maximum absolute atomic E-state index is 7.83. The number of rotatable bonds is 3. The van der Waals surface area contributed by atoms with Crippen LogP contribution in [-0.4, -0.2) is 87.0 Å². The van der Waals surface area contributed by atoms with Crippen molar-refractivity contribution in [1.29, 1.82) is 0 Å². The fourth-order valence-electron chi connectivity index (χ4n) is 1.46. The van der Waals surface area contributed by atoms with Gasteiger partial charge in [0.15, 0.2) is 0 Å². The van der Waals surface area contributed by atoms with Gasteiger partial charge in [0.25, 0.3) is 0 Å². The zero-order chi connectivity index (χ0) is 14.2.